The van der Waals surface area contributed by atoms with Crippen LogP contribution in [0, 0.1) is 5.82 Å². The normalized spacial score (nSPS) is 23.0. The highest BCUT2D eigenvalue weighted by atomic mass is 35.5. The molecule has 1 saturated heterocycles. The Hall–Kier alpha value is -1.63. The summed E-state index contributed by atoms with van der Waals surface area (Å²) in [6.07, 6.45) is 1.63. The first kappa shape index (κ1) is 15.3. The molecule has 0 spiro atoms. The Morgan fingerprint density at radius 3 is 2.82 bits per heavy atom. The maximum atomic E-state index is 13.9. The van der Waals surface area contributed by atoms with E-state index >= 15 is 0 Å². The van der Waals surface area contributed by atoms with Gasteiger partial charge in [-0.15, -0.1) is 0 Å². The summed E-state index contributed by atoms with van der Waals surface area (Å²) in [5.74, 6) is -0.00397. The SMILES string of the molecule is O=C1C[SH](Cc2ccc(Cl)nc2)C(O)N1c1ccccc1F. The third kappa shape index (κ3) is 2.95. The van der Waals surface area contributed by atoms with Crippen LogP contribution in [-0.2, 0) is 10.5 Å². The lowest BCUT2D eigenvalue weighted by Gasteiger charge is -2.25. The molecular formula is C15H14ClFN2O2S. The van der Waals surface area contributed by atoms with E-state index in [0.717, 1.165) is 10.5 Å². The number of amides is 1. The number of anilines is 1. The van der Waals surface area contributed by atoms with Crippen molar-refractivity contribution in [3.05, 3.63) is 59.1 Å². The van der Waals surface area contributed by atoms with Gasteiger partial charge in [0, 0.05) is 11.9 Å². The third-order valence-electron chi connectivity index (χ3n) is 3.45. The Balaban J connectivity index is 1.81. The van der Waals surface area contributed by atoms with Crippen molar-refractivity contribution in [1.29, 1.82) is 0 Å². The molecule has 0 bridgehead atoms. The van der Waals surface area contributed by atoms with E-state index in [2.05, 4.69) is 4.98 Å². The first-order valence-corrected chi connectivity index (χ1v) is 8.81. The average molecular weight is 341 g/mol. The Kier molecular flexibility index (Phi) is 4.33. The van der Waals surface area contributed by atoms with Gasteiger partial charge in [-0.25, -0.2) is 9.37 Å². The van der Waals surface area contributed by atoms with Gasteiger partial charge in [-0.3, -0.25) is 9.69 Å². The molecule has 2 unspecified atom stereocenters. The van der Waals surface area contributed by atoms with Crippen molar-refractivity contribution < 1.29 is 14.3 Å². The highest BCUT2D eigenvalue weighted by Crippen LogP contribution is 2.44. The third-order valence-corrected chi connectivity index (χ3v) is 6.01. The van der Waals surface area contributed by atoms with Gasteiger partial charge >= 0.3 is 0 Å². The van der Waals surface area contributed by atoms with Crippen molar-refractivity contribution in [1.82, 2.24) is 4.98 Å². The molecule has 1 aliphatic rings. The first-order valence-electron chi connectivity index (χ1n) is 6.65. The predicted molar refractivity (Wildman–Crippen MR) is 86.7 cm³/mol. The molecule has 1 N–H and O–H groups in total. The van der Waals surface area contributed by atoms with Crippen LogP contribution < -0.4 is 4.90 Å². The van der Waals surface area contributed by atoms with Gasteiger partial charge in [-0.05, 0) is 23.8 Å². The Morgan fingerprint density at radius 1 is 1.36 bits per heavy atom. The number of thiol groups is 1. The largest absolute Gasteiger partial charge is 0.365 e. The van der Waals surface area contributed by atoms with Gasteiger partial charge in [0.25, 0.3) is 0 Å². The van der Waals surface area contributed by atoms with Gasteiger partial charge in [0.05, 0.1) is 11.4 Å². The summed E-state index contributed by atoms with van der Waals surface area (Å²) in [5.41, 5.74) is 0.0343. The second kappa shape index (κ2) is 6.24. The number of aromatic nitrogens is 1. The highest BCUT2D eigenvalue weighted by molar-refractivity contribution is 8.17. The number of benzene rings is 1. The van der Waals surface area contributed by atoms with E-state index in [1.54, 1.807) is 24.4 Å². The number of hydrogen-bond acceptors (Lipinski definition) is 3. The molecule has 116 valence electrons. The van der Waals surface area contributed by atoms with Crippen LogP contribution in [0.1, 0.15) is 5.56 Å². The summed E-state index contributed by atoms with van der Waals surface area (Å²) in [7, 11) is -1.02. The van der Waals surface area contributed by atoms with Gasteiger partial charge < -0.3 is 5.11 Å². The number of rotatable bonds is 3. The number of pyridine rings is 1. The summed E-state index contributed by atoms with van der Waals surface area (Å²) in [6, 6.07) is 9.46. The van der Waals surface area contributed by atoms with Gasteiger partial charge in [-0.1, -0.05) is 29.8 Å². The summed E-state index contributed by atoms with van der Waals surface area (Å²) < 4.78 is 13.9. The minimum Gasteiger partial charge on any atom is -0.365 e. The Morgan fingerprint density at radius 2 is 2.14 bits per heavy atom. The summed E-state index contributed by atoms with van der Waals surface area (Å²) in [6.45, 7) is 0. The van der Waals surface area contributed by atoms with E-state index in [0.29, 0.717) is 10.9 Å². The molecule has 7 heteroatoms. The summed E-state index contributed by atoms with van der Waals surface area (Å²) in [5, 5.41) is 10.8. The van der Waals surface area contributed by atoms with Crippen LogP contribution >= 0.6 is 22.5 Å². The van der Waals surface area contributed by atoms with Gasteiger partial charge in [0.15, 0.2) is 5.56 Å². The van der Waals surface area contributed by atoms with E-state index < -0.39 is 22.3 Å². The number of nitrogens with zero attached hydrogens (tertiary/aromatic N) is 2. The predicted octanol–water partition coefficient (Wildman–Crippen LogP) is 2.70. The zero-order valence-electron chi connectivity index (χ0n) is 11.5. The zero-order chi connectivity index (χ0) is 15.7. The van der Waals surface area contributed by atoms with Crippen molar-refractivity contribution in [3.8, 4) is 0 Å². The lowest BCUT2D eigenvalue weighted by Crippen LogP contribution is -2.33. The van der Waals surface area contributed by atoms with Crippen LogP contribution in [0.4, 0.5) is 10.1 Å². The average Bonchev–Trinajstić information content (AvgIpc) is 2.77. The van der Waals surface area contributed by atoms with Crippen LogP contribution in [0.5, 0.6) is 0 Å². The van der Waals surface area contributed by atoms with E-state index in [1.807, 2.05) is 6.07 Å². The minimum atomic E-state index is -1.02. The zero-order valence-corrected chi connectivity index (χ0v) is 13.1. The van der Waals surface area contributed by atoms with Crippen LogP contribution in [-0.4, -0.2) is 27.3 Å². The lowest BCUT2D eigenvalue weighted by molar-refractivity contribution is -0.116. The number of aliphatic hydroxyl groups is 1. The molecule has 1 aliphatic heterocycles. The molecular weight excluding hydrogens is 327 g/mol. The standard InChI is InChI=1S/C15H14ClFN2O2S/c16-13-6-5-10(7-18-13)8-22-9-14(20)19(15(22)21)12-4-2-1-3-11(12)17/h1-7,15,21-22H,8-9H2. The second-order valence-electron chi connectivity index (χ2n) is 4.96. The molecule has 1 aromatic carbocycles. The molecule has 1 aromatic heterocycles. The van der Waals surface area contributed by atoms with Crippen molar-refractivity contribution in [2.24, 2.45) is 0 Å². The van der Waals surface area contributed by atoms with Crippen molar-refractivity contribution in [3.63, 3.8) is 0 Å². The molecule has 0 radical (unpaired) electrons. The van der Waals surface area contributed by atoms with E-state index in [4.69, 9.17) is 11.6 Å². The number of para-hydroxylation sites is 1. The fourth-order valence-corrected chi connectivity index (χ4v) is 4.69. The molecule has 0 saturated carbocycles. The second-order valence-corrected chi connectivity index (χ2v) is 7.61. The molecule has 1 amide bonds. The van der Waals surface area contributed by atoms with E-state index in [9.17, 15) is 14.3 Å². The number of hydrogen-bond donors (Lipinski definition) is 2. The summed E-state index contributed by atoms with van der Waals surface area (Å²) >= 11 is 5.74. The maximum Gasteiger partial charge on any atom is 0.238 e. The molecule has 2 heterocycles. The monoisotopic (exact) mass is 340 g/mol. The van der Waals surface area contributed by atoms with E-state index in [-0.39, 0.29) is 17.3 Å². The van der Waals surface area contributed by atoms with Gasteiger partial charge in [0.1, 0.15) is 11.0 Å². The highest BCUT2D eigenvalue weighted by Gasteiger charge is 2.38. The van der Waals surface area contributed by atoms with Crippen LogP contribution in [0.2, 0.25) is 5.15 Å². The molecule has 3 rings (SSSR count). The first-order chi connectivity index (χ1) is 10.6. The fourth-order valence-electron chi connectivity index (χ4n) is 2.40. The molecule has 2 aromatic rings. The number of aliphatic hydroxyl groups excluding tert-OH is 1. The maximum absolute atomic E-state index is 13.9. The number of carbonyl (C=O) groups is 1. The minimum absolute atomic E-state index is 0.124. The molecule has 0 aliphatic carbocycles. The van der Waals surface area contributed by atoms with Gasteiger partial charge in [0.2, 0.25) is 5.91 Å². The summed E-state index contributed by atoms with van der Waals surface area (Å²) in [4.78, 5) is 17.3. The lowest BCUT2D eigenvalue weighted by atomic mass is 10.3. The molecule has 4 nitrogen and oxygen atoms in total. The Bertz CT molecular complexity index is 698. The Labute approximate surface area is 134 Å². The van der Waals surface area contributed by atoms with Crippen LogP contribution in [0.15, 0.2) is 42.6 Å². The molecule has 2 atom stereocenters. The van der Waals surface area contributed by atoms with Crippen LogP contribution in [0.3, 0.4) is 0 Å². The van der Waals surface area contributed by atoms with Crippen molar-refractivity contribution in [2.75, 3.05) is 10.7 Å². The quantitative estimate of drug-likeness (QED) is 0.667. The molecule has 22 heavy (non-hydrogen) atoms. The van der Waals surface area contributed by atoms with Crippen molar-refractivity contribution in [2.45, 2.75) is 11.3 Å². The smallest absolute Gasteiger partial charge is 0.238 e. The van der Waals surface area contributed by atoms with Crippen LogP contribution in [0.25, 0.3) is 0 Å². The van der Waals surface area contributed by atoms with E-state index in [1.165, 1.54) is 12.1 Å². The topological polar surface area (TPSA) is 53.4 Å². The fraction of sp³-hybridized carbons (Fsp3) is 0.200. The van der Waals surface area contributed by atoms with Crippen molar-refractivity contribution >= 4 is 34.1 Å². The number of carbonyl (C=O) groups excluding carboxylic acids is 1. The van der Waals surface area contributed by atoms with Gasteiger partial charge in [-0.2, -0.15) is 10.9 Å². The number of halogens is 2. The molecule has 1 fully saturated rings.